The van der Waals surface area contributed by atoms with Gasteiger partial charge >= 0.3 is 5.97 Å². The van der Waals surface area contributed by atoms with Crippen LogP contribution in [0.3, 0.4) is 0 Å². The molecule has 0 aromatic carbocycles. The first-order chi connectivity index (χ1) is 12.0. The summed E-state index contributed by atoms with van der Waals surface area (Å²) in [6.45, 7) is 7.56. The molecule has 2 aliphatic rings. The first-order valence-electron chi connectivity index (χ1n) is 9.14. The summed E-state index contributed by atoms with van der Waals surface area (Å²) in [5.41, 5.74) is 0.388. The van der Waals surface area contributed by atoms with Crippen LogP contribution in [0.4, 0.5) is 0 Å². The number of hydrogen-bond donors (Lipinski definition) is 2. The van der Waals surface area contributed by atoms with E-state index in [1.165, 1.54) is 17.8 Å². The summed E-state index contributed by atoms with van der Waals surface area (Å²) in [5, 5.41) is 7.32. The Balaban J connectivity index is 1.72. The van der Waals surface area contributed by atoms with Gasteiger partial charge in [-0.3, -0.25) is 4.79 Å². The predicted molar refractivity (Wildman–Crippen MR) is 96.6 cm³/mol. The lowest BCUT2D eigenvalue weighted by atomic mass is 9.67. The smallest absolute Gasteiger partial charge is 0.350 e. The molecule has 138 valence electrons. The van der Waals surface area contributed by atoms with Crippen LogP contribution < -0.4 is 10.6 Å². The minimum absolute atomic E-state index is 0.125. The zero-order valence-corrected chi connectivity index (χ0v) is 16.0. The molecule has 0 radical (unpaired) electrons. The van der Waals surface area contributed by atoms with E-state index in [9.17, 15) is 9.59 Å². The molecule has 1 saturated heterocycles. The second-order valence-corrected chi connectivity index (χ2v) is 8.14. The van der Waals surface area contributed by atoms with Crippen LogP contribution in [-0.2, 0) is 9.53 Å². The molecule has 3 atom stereocenters. The summed E-state index contributed by atoms with van der Waals surface area (Å²) in [4.78, 5) is 30.0. The van der Waals surface area contributed by atoms with Crippen LogP contribution in [0.1, 0.15) is 65.9 Å². The van der Waals surface area contributed by atoms with E-state index in [4.69, 9.17) is 4.74 Å². The van der Waals surface area contributed by atoms with Crippen LogP contribution in [0, 0.1) is 18.3 Å². The Bertz CT molecular complexity index is 660. The fraction of sp³-hybridized carbons (Fsp3) is 0.722. The van der Waals surface area contributed by atoms with Crippen molar-refractivity contribution in [2.75, 3.05) is 19.7 Å². The Morgan fingerprint density at radius 3 is 3.04 bits per heavy atom. The van der Waals surface area contributed by atoms with Crippen LogP contribution in [-0.4, -0.2) is 36.6 Å². The number of carbonyl (C=O) groups is 2. The molecule has 1 aromatic heterocycles. The Kier molecular flexibility index (Phi) is 5.43. The average molecular weight is 365 g/mol. The van der Waals surface area contributed by atoms with Gasteiger partial charge in [0.25, 0.3) is 0 Å². The lowest BCUT2D eigenvalue weighted by Gasteiger charge is -2.37. The van der Waals surface area contributed by atoms with Crippen LogP contribution >= 0.6 is 11.3 Å². The number of carbonyl (C=O) groups excluding carboxylic acids is 2. The van der Waals surface area contributed by atoms with Gasteiger partial charge in [0, 0.05) is 6.54 Å². The third kappa shape index (κ3) is 3.44. The zero-order chi connectivity index (χ0) is 18.0. The number of nitrogens with one attached hydrogen (secondary N) is 2. The monoisotopic (exact) mass is 365 g/mol. The minimum atomic E-state index is -0.340. The van der Waals surface area contributed by atoms with Gasteiger partial charge in [0.1, 0.15) is 9.88 Å². The number of hydrogen-bond acceptors (Lipinski definition) is 6. The van der Waals surface area contributed by atoms with Crippen LogP contribution in [0.15, 0.2) is 0 Å². The van der Waals surface area contributed by atoms with Gasteiger partial charge in [0.2, 0.25) is 5.91 Å². The molecule has 0 bridgehead atoms. The lowest BCUT2D eigenvalue weighted by Crippen LogP contribution is -2.48. The van der Waals surface area contributed by atoms with Gasteiger partial charge in [-0.1, -0.05) is 12.8 Å². The van der Waals surface area contributed by atoms with Gasteiger partial charge in [-0.15, -0.1) is 11.3 Å². The van der Waals surface area contributed by atoms with Crippen molar-refractivity contribution in [3.8, 4) is 0 Å². The van der Waals surface area contributed by atoms with Crippen LogP contribution in [0.2, 0.25) is 0 Å². The normalized spacial score (nSPS) is 26.8. The number of fused-ring (bicyclic) bond motifs is 1. The largest absolute Gasteiger partial charge is 0.462 e. The third-order valence-corrected chi connectivity index (χ3v) is 6.80. The Hall–Kier alpha value is -1.47. The van der Waals surface area contributed by atoms with Gasteiger partial charge in [0.05, 0.1) is 23.8 Å². The first kappa shape index (κ1) is 18.3. The molecular formula is C18H27N3O3S. The number of nitrogens with zero attached hydrogens (tertiary/aromatic N) is 1. The van der Waals surface area contributed by atoms with Gasteiger partial charge in [-0.05, 0) is 46.1 Å². The van der Waals surface area contributed by atoms with Crippen molar-refractivity contribution in [3.63, 3.8) is 0 Å². The van der Waals surface area contributed by atoms with E-state index in [-0.39, 0.29) is 23.3 Å². The average Bonchev–Trinajstić information content (AvgIpc) is 3.19. The highest BCUT2D eigenvalue weighted by Gasteiger charge is 2.50. The molecule has 25 heavy (non-hydrogen) atoms. The van der Waals surface area contributed by atoms with Crippen LogP contribution in [0.25, 0.3) is 0 Å². The van der Waals surface area contributed by atoms with Crippen molar-refractivity contribution in [1.29, 1.82) is 0 Å². The Labute approximate surface area is 152 Å². The molecule has 1 amide bonds. The number of aryl methyl sites for hydroxylation is 1. The van der Waals surface area contributed by atoms with E-state index < -0.39 is 0 Å². The molecular weight excluding hydrogens is 338 g/mol. The highest BCUT2D eigenvalue weighted by Crippen LogP contribution is 2.44. The quantitative estimate of drug-likeness (QED) is 0.784. The Morgan fingerprint density at radius 1 is 1.48 bits per heavy atom. The van der Waals surface area contributed by atoms with E-state index >= 15 is 0 Å². The number of amides is 1. The van der Waals surface area contributed by atoms with E-state index in [0.29, 0.717) is 23.1 Å². The second-order valence-electron chi connectivity index (χ2n) is 7.11. The summed E-state index contributed by atoms with van der Waals surface area (Å²) in [5.74, 6) is 0.218. The van der Waals surface area contributed by atoms with E-state index in [2.05, 4.69) is 15.6 Å². The molecule has 2 fully saturated rings. The number of esters is 1. The molecule has 2 heterocycles. The number of rotatable bonds is 5. The van der Waals surface area contributed by atoms with Crippen LogP contribution in [0.5, 0.6) is 0 Å². The summed E-state index contributed by atoms with van der Waals surface area (Å²) in [6.07, 6.45) is 4.40. The highest BCUT2D eigenvalue weighted by atomic mass is 32.1. The molecule has 2 N–H and O–H groups in total. The van der Waals surface area contributed by atoms with Crippen molar-refractivity contribution < 1.29 is 14.3 Å². The van der Waals surface area contributed by atoms with Crippen molar-refractivity contribution in [2.24, 2.45) is 11.3 Å². The topological polar surface area (TPSA) is 80.3 Å². The standard InChI is InChI=1S/C18H27N3O3S/c1-4-24-16(22)14-11(2)20-15(25-14)12(3)21-17(23)18-8-6-5-7-13(18)9-19-10-18/h12-13,19H,4-10H2,1-3H3,(H,21,23)/t12?,13-,18+/m0/s1. The van der Waals surface area contributed by atoms with Gasteiger partial charge in [-0.2, -0.15) is 0 Å². The van der Waals surface area contributed by atoms with Crippen molar-refractivity contribution >= 4 is 23.2 Å². The Morgan fingerprint density at radius 2 is 2.28 bits per heavy atom. The second kappa shape index (κ2) is 7.41. The first-order valence-corrected chi connectivity index (χ1v) is 9.95. The van der Waals surface area contributed by atoms with E-state index in [1.54, 1.807) is 13.8 Å². The highest BCUT2D eigenvalue weighted by molar-refractivity contribution is 7.13. The zero-order valence-electron chi connectivity index (χ0n) is 15.2. The summed E-state index contributed by atoms with van der Waals surface area (Å²) < 4.78 is 5.07. The predicted octanol–water partition coefficient (Wildman–Crippen LogP) is 2.59. The molecule has 1 aromatic rings. The van der Waals surface area contributed by atoms with Gasteiger partial charge in [0.15, 0.2) is 0 Å². The van der Waals surface area contributed by atoms with Crippen molar-refractivity contribution in [3.05, 3.63) is 15.6 Å². The van der Waals surface area contributed by atoms with E-state index in [0.717, 1.165) is 37.4 Å². The van der Waals surface area contributed by atoms with E-state index in [1.807, 2.05) is 6.92 Å². The molecule has 7 heteroatoms. The molecule has 1 unspecified atom stereocenters. The lowest BCUT2D eigenvalue weighted by molar-refractivity contribution is -0.134. The molecule has 3 rings (SSSR count). The number of thiazole rings is 1. The fourth-order valence-corrected chi connectivity index (χ4v) is 5.04. The fourth-order valence-electron chi connectivity index (χ4n) is 4.08. The maximum atomic E-state index is 13.0. The maximum absolute atomic E-state index is 13.0. The summed E-state index contributed by atoms with van der Waals surface area (Å²) in [7, 11) is 0. The molecule has 0 spiro atoms. The minimum Gasteiger partial charge on any atom is -0.462 e. The maximum Gasteiger partial charge on any atom is 0.350 e. The molecule has 6 nitrogen and oxygen atoms in total. The molecule has 1 aliphatic heterocycles. The summed E-state index contributed by atoms with van der Waals surface area (Å²) in [6, 6.07) is -0.211. The van der Waals surface area contributed by atoms with Crippen molar-refractivity contribution in [1.82, 2.24) is 15.6 Å². The van der Waals surface area contributed by atoms with Gasteiger partial charge in [-0.25, -0.2) is 9.78 Å². The van der Waals surface area contributed by atoms with Crippen molar-refractivity contribution in [2.45, 2.75) is 52.5 Å². The summed E-state index contributed by atoms with van der Waals surface area (Å²) >= 11 is 1.31. The number of aromatic nitrogens is 1. The third-order valence-electron chi connectivity index (χ3n) is 5.48. The number of ether oxygens (including phenoxy) is 1. The SMILES string of the molecule is CCOC(=O)c1sc(C(C)NC(=O)[C@@]23CCCC[C@H]2CNC3)nc1C. The van der Waals surface area contributed by atoms with Gasteiger partial charge < -0.3 is 15.4 Å². The molecule has 1 saturated carbocycles. The molecule has 1 aliphatic carbocycles.